The predicted octanol–water partition coefficient (Wildman–Crippen LogP) is 1.42. The quantitative estimate of drug-likeness (QED) is 0.870. The van der Waals surface area contributed by atoms with Crippen LogP contribution in [0.25, 0.3) is 0 Å². The molecule has 2 aliphatic heterocycles. The van der Waals surface area contributed by atoms with Crippen molar-refractivity contribution in [3.8, 4) is 5.88 Å². The van der Waals surface area contributed by atoms with Gasteiger partial charge in [0.25, 0.3) is 0 Å². The zero-order valence-electron chi connectivity index (χ0n) is 9.00. The van der Waals surface area contributed by atoms with Gasteiger partial charge in [-0.05, 0) is 25.3 Å². The van der Waals surface area contributed by atoms with Gasteiger partial charge in [-0.15, -0.1) is 17.5 Å². The van der Waals surface area contributed by atoms with Gasteiger partial charge >= 0.3 is 0 Å². The zero-order chi connectivity index (χ0) is 10.1. The Kier molecular flexibility index (Phi) is 3.61. The van der Waals surface area contributed by atoms with Crippen molar-refractivity contribution < 1.29 is 4.74 Å². The molecule has 3 atom stereocenters. The molecule has 0 aliphatic carbocycles. The average Bonchev–Trinajstić information content (AvgIpc) is 2.89. The number of nitrogens with one attached hydrogen (secondary N) is 1. The minimum atomic E-state index is 0. The Morgan fingerprint density at radius 2 is 2.38 bits per heavy atom. The summed E-state index contributed by atoms with van der Waals surface area (Å²) < 4.78 is 5.63. The molecule has 2 saturated heterocycles. The Morgan fingerprint density at radius 1 is 1.44 bits per heavy atom. The second-order valence-electron chi connectivity index (χ2n) is 4.42. The summed E-state index contributed by atoms with van der Waals surface area (Å²) in [5.74, 6) is 1.30. The molecular weight excluding hydrogens is 226 g/mol. The van der Waals surface area contributed by atoms with Gasteiger partial charge in [-0.3, -0.25) is 0 Å². The molecule has 1 aromatic heterocycles. The second-order valence-corrected chi connectivity index (χ2v) is 4.42. The maximum absolute atomic E-state index is 5.63. The molecule has 0 radical (unpaired) electrons. The lowest BCUT2D eigenvalue weighted by atomic mass is 9.90. The van der Waals surface area contributed by atoms with Crippen LogP contribution in [0.1, 0.15) is 19.3 Å². The van der Waals surface area contributed by atoms with Crippen LogP contribution >= 0.6 is 12.4 Å². The molecule has 1 aromatic rings. The SMILES string of the molecule is Cl.c1cnnc(OCC2CC3CCC2N3)c1. The molecular formula is C11H16ClN3O. The van der Waals surface area contributed by atoms with Crippen molar-refractivity contribution in [1.82, 2.24) is 15.5 Å². The molecule has 5 heteroatoms. The fourth-order valence-electron chi connectivity index (χ4n) is 2.68. The highest BCUT2D eigenvalue weighted by molar-refractivity contribution is 5.85. The molecule has 3 rings (SSSR count). The minimum Gasteiger partial charge on any atom is -0.476 e. The molecule has 1 N–H and O–H groups in total. The van der Waals surface area contributed by atoms with E-state index in [1.165, 1.54) is 19.3 Å². The van der Waals surface area contributed by atoms with Crippen LogP contribution in [0.2, 0.25) is 0 Å². The van der Waals surface area contributed by atoms with E-state index in [1.807, 2.05) is 12.1 Å². The molecule has 3 unspecified atom stereocenters. The van der Waals surface area contributed by atoms with Crippen molar-refractivity contribution in [3.05, 3.63) is 18.3 Å². The summed E-state index contributed by atoms with van der Waals surface area (Å²) >= 11 is 0. The van der Waals surface area contributed by atoms with Crippen molar-refractivity contribution >= 4 is 12.4 Å². The highest BCUT2D eigenvalue weighted by Crippen LogP contribution is 2.33. The summed E-state index contributed by atoms with van der Waals surface area (Å²) in [5, 5.41) is 11.3. The van der Waals surface area contributed by atoms with Gasteiger partial charge in [0.05, 0.1) is 6.61 Å². The lowest BCUT2D eigenvalue weighted by Crippen LogP contribution is -2.27. The Balaban J connectivity index is 0.000000963. The highest BCUT2D eigenvalue weighted by atomic mass is 35.5. The van der Waals surface area contributed by atoms with Gasteiger partial charge in [-0.25, -0.2) is 0 Å². The van der Waals surface area contributed by atoms with Crippen molar-refractivity contribution in [1.29, 1.82) is 0 Å². The van der Waals surface area contributed by atoms with Gasteiger partial charge in [-0.1, -0.05) is 0 Å². The van der Waals surface area contributed by atoms with Crippen molar-refractivity contribution in [2.24, 2.45) is 5.92 Å². The number of fused-ring (bicyclic) bond motifs is 2. The molecule has 0 spiro atoms. The topological polar surface area (TPSA) is 47.0 Å². The first kappa shape index (κ1) is 11.6. The summed E-state index contributed by atoms with van der Waals surface area (Å²) in [6.07, 6.45) is 5.56. The van der Waals surface area contributed by atoms with E-state index in [2.05, 4.69) is 15.5 Å². The van der Waals surface area contributed by atoms with Gasteiger partial charge in [0.2, 0.25) is 5.88 Å². The molecule has 0 amide bonds. The van der Waals surface area contributed by atoms with Crippen LogP contribution < -0.4 is 10.1 Å². The van der Waals surface area contributed by atoms with Crippen molar-refractivity contribution in [2.75, 3.05) is 6.61 Å². The van der Waals surface area contributed by atoms with Gasteiger partial charge in [-0.2, -0.15) is 5.10 Å². The molecule has 0 saturated carbocycles. The summed E-state index contributed by atoms with van der Waals surface area (Å²) in [6, 6.07) is 5.12. The normalized spacial score (nSPS) is 31.1. The molecule has 0 aromatic carbocycles. The maximum Gasteiger partial charge on any atom is 0.233 e. The third-order valence-corrected chi connectivity index (χ3v) is 3.43. The Bertz CT molecular complexity index is 335. The smallest absolute Gasteiger partial charge is 0.233 e. The van der Waals surface area contributed by atoms with E-state index >= 15 is 0 Å². The van der Waals surface area contributed by atoms with Crippen LogP contribution in [0.4, 0.5) is 0 Å². The number of ether oxygens (including phenoxy) is 1. The number of rotatable bonds is 3. The fourth-order valence-corrected chi connectivity index (χ4v) is 2.68. The Morgan fingerprint density at radius 3 is 3.00 bits per heavy atom. The van der Waals surface area contributed by atoms with Gasteiger partial charge in [0.1, 0.15) is 0 Å². The van der Waals surface area contributed by atoms with E-state index in [0.29, 0.717) is 17.8 Å². The lowest BCUT2D eigenvalue weighted by molar-refractivity contribution is 0.214. The third kappa shape index (κ3) is 2.28. The van der Waals surface area contributed by atoms with Crippen LogP contribution in [0.3, 0.4) is 0 Å². The zero-order valence-corrected chi connectivity index (χ0v) is 9.82. The van der Waals surface area contributed by atoms with Gasteiger partial charge in [0, 0.05) is 30.3 Å². The van der Waals surface area contributed by atoms with Crippen molar-refractivity contribution in [3.63, 3.8) is 0 Å². The van der Waals surface area contributed by atoms with Crippen LogP contribution in [0.15, 0.2) is 18.3 Å². The highest BCUT2D eigenvalue weighted by Gasteiger charge is 2.39. The number of nitrogens with zero attached hydrogens (tertiary/aromatic N) is 2. The van der Waals surface area contributed by atoms with E-state index in [1.54, 1.807) is 6.20 Å². The van der Waals surface area contributed by atoms with E-state index in [9.17, 15) is 0 Å². The van der Waals surface area contributed by atoms with E-state index in [4.69, 9.17) is 4.74 Å². The van der Waals surface area contributed by atoms with Crippen molar-refractivity contribution in [2.45, 2.75) is 31.3 Å². The molecule has 16 heavy (non-hydrogen) atoms. The summed E-state index contributed by atoms with van der Waals surface area (Å²) in [7, 11) is 0. The fraction of sp³-hybridized carbons (Fsp3) is 0.636. The van der Waals surface area contributed by atoms with Crippen LogP contribution in [0, 0.1) is 5.92 Å². The number of aromatic nitrogens is 2. The van der Waals surface area contributed by atoms with E-state index in [0.717, 1.165) is 12.6 Å². The molecule has 2 bridgehead atoms. The largest absolute Gasteiger partial charge is 0.476 e. The first-order valence-corrected chi connectivity index (χ1v) is 5.58. The second kappa shape index (κ2) is 4.97. The Hall–Kier alpha value is -0.870. The maximum atomic E-state index is 5.63. The van der Waals surface area contributed by atoms with Gasteiger partial charge < -0.3 is 10.1 Å². The third-order valence-electron chi connectivity index (χ3n) is 3.43. The van der Waals surface area contributed by atoms with Crippen LogP contribution in [-0.4, -0.2) is 28.9 Å². The van der Waals surface area contributed by atoms with Crippen LogP contribution in [0.5, 0.6) is 5.88 Å². The average molecular weight is 242 g/mol. The summed E-state index contributed by atoms with van der Waals surface area (Å²) in [6.45, 7) is 0.771. The minimum absolute atomic E-state index is 0. The Labute approximate surface area is 101 Å². The summed E-state index contributed by atoms with van der Waals surface area (Å²) in [4.78, 5) is 0. The molecule has 2 fully saturated rings. The number of hydrogen-bond donors (Lipinski definition) is 1. The molecule has 4 nitrogen and oxygen atoms in total. The molecule has 88 valence electrons. The van der Waals surface area contributed by atoms with Gasteiger partial charge in [0.15, 0.2) is 0 Å². The lowest BCUT2D eigenvalue weighted by Gasteiger charge is -2.19. The number of halogens is 1. The summed E-state index contributed by atoms with van der Waals surface area (Å²) in [5.41, 5.74) is 0. The van der Waals surface area contributed by atoms with E-state index in [-0.39, 0.29) is 12.4 Å². The predicted molar refractivity (Wildman–Crippen MR) is 62.8 cm³/mol. The molecule has 2 aliphatic rings. The first-order chi connectivity index (χ1) is 7.42. The number of hydrogen-bond acceptors (Lipinski definition) is 4. The standard InChI is InChI=1S/C11H15N3O.ClH/c1-2-11(14-12-5-1)15-7-8-6-9-3-4-10(8)13-9;/h1-2,5,8-10,13H,3-4,6-7H2;1H. The first-order valence-electron chi connectivity index (χ1n) is 5.58. The molecule has 3 heterocycles. The van der Waals surface area contributed by atoms with Crippen LogP contribution in [-0.2, 0) is 0 Å². The monoisotopic (exact) mass is 241 g/mol. The van der Waals surface area contributed by atoms with E-state index < -0.39 is 0 Å².